The molecule has 0 unspecified atom stereocenters. The van der Waals surface area contributed by atoms with Crippen molar-refractivity contribution in [1.82, 2.24) is 0 Å². The van der Waals surface area contributed by atoms with Crippen LogP contribution in [0.2, 0.25) is 0 Å². The summed E-state index contributed by atoms with van der Waals surface area (Å²) in [6, 6.07) is 9.97. The van der Waals surface area contributed by atoms with Gasteiger partial charge in [0.15, 0.2) is 17.6 Å². The molecule has 112 valence electrons. The predicted octanol–water partition coefficient (Wildman–Crippen LogP) is 3.37. The van der Waals surface area contributed by atoms with E-state index in [0.29, 0.717) is 17.1 Å². The molecule has 0 amide bonds. The van der Waals surface area contributed by atoms with Gasteiger partial charge in [0, 0.05) is 17.2 Å². The van der Waals surface area contributed by atoms with Crippen molar-refractivity contribution in [2.45, 2.75) is 26.1 Å². The average Bonchev–Trinajstić information content (AvgIpc) is 2.48. The van der Waals surface area contributed by atoms with Gasteiger partial charge in [0.2, 0.25) is 0 Å². The first-order valence-electron chi connectivity index (χ1n) is 7.00. The third-order valence-corrected chi connectivity index (χ3v) is 3.53. The summed E-state index contributed by atoms with van der Waals surface area (Å²) < 4.78 is 11.9. The van der Waals surface area contributed by atoms with Crippen molar-refractivity contribution < 1.29 is 19.7 Å². The molecule has 2 atom stereocenters. The monoisotopic (exact) mass is 296 g/mol. The second-order valence-electron chi connectivity index (χ2n) is 5.14. The smallest absolute Gasteiger partial charge is 0.164 e. The summed E-state index contributed by atoms with van der Waals surface area (Å²) in [6.07, 6.45) is -0.732. The van der Waals surface area contributed by atoms with E-state index in [9.17, 15) is 10.2 Å². The van der Waals surface area contributed by atoms with Gasteiger partial charge in [-0.05, 0) is 44.2 Å². The van der Waals surface area contributed by atoms with Crippen molar-refractivity contribution in [1.29, 1.82) is 0 Å². The lowest BCUT2D eigenvalue weighted by atomic mass is 10.0. The molecule has 3 rings (SSSR count). The fourth-order valence-corrected chi connectivity index (χ4v) is 2.50. The lowest BCUT2D eigenvalue weighted by Gasteiger charge is -2.32. The summed E-state index contributed by atoms with van der Waals surface area (Å²) in [7, 11) is 0. The van der Waals surface area contributed by atoms with Gasteiger partial charge >= 0.3 is 0 Å². The molecule has 0 saturated heterocycles. The average molecular weight is 296 g/mol. The van der Waals surface area contributed by atoms with Crippen molar-refractivity contribution in [2.75, 3.05) is 0 Å². The summed E-state index contributed by atoms with van der Waals surface area (Å²) in [5, 5.41) is 19.4. The molecule has 2 aromatic rings. The summed E-state index contributed by atoms with van der Waals surface area (Å²) in [5.74, 6) is 7.05. The Hall–Kier alpha value is -2.80. The van der Waals surface area contributed by atoms with Crippen molar-refractivity contribution in [3.05, 3.63) is 47.5 Å². The van der Waals surface area contributed by atoms with E-state index in [1.165, 1.54) is 12.1 Å². The highest BCUT2D eigenvalue weighted by Crippen LogP contribution is 2.42. The summed E-state index contributed by atoms with van der Waals surface area (Å²) in [5.41, 5.74) is 1.41. The van der Waals surface area contributed by atoms with E-state index in [4.69, 9.17) is 9.47 Å². The molecule has 1 heterocycles. The predicted molar refractivity (Wildman–Crippen MR) is 82.2 cm³/mol. The summed E-state index contributed by atoms with van der Waals surface area (Å²) >= 11 is 0. The minimum Gasteiger partial charge on any atom is -0.508 e. The third kappa shape index (κ3) is 2.53. The zero-order chi connectivity index (χ0) is 15.7. The SMILES string of the molecule is CC#Cc1ccc2c(c1)O[C@@H](c1ccc(O)cc1O)[C@H](C)O2. The van der Waals surface area contributed by atoms with Gasteiger partial charge in [-0.25, -0.2) is 0 Å². The molecule has 0 spiro atoms. The van der Waals surface area contributed by atoms with Crippen LogP contribution >= 0.6 is 0 Å². The molecule has 1 aliphatic heterocycles. The number of ether oxygens (including phenoxy) is 2. The molecule has 4 heteroatoms. The number of hydrogen-bond acceptors (Lipinski definition) is 4. The van der Waals surface area contributed by atoms with Crippen molar-refractivity contribution >= 4 is 0 Å². The van der Waals surface area contributed by atoms with Crippen LogP contribution in [0.5, 0.6) is 23.0 Å². The second-order valence-corrected chi connectivity index (χ2v) is 5.14. The van der Waals surface area contributed by atoms with Gasteiger partial charge in [-0.2, -0.15) is 0 Å². The van der Waals surface area contributed by atoms with Crippen LogP contribution in [-0.2, 0) is 0 Å². The van der Waals surface area contributed by atoms with Crippen LogP contribution in [0.3, 0.4) is 0 Å². The number of fused-ring (bicyclic) bond motifs is 1. The largest absolute Gasteiger partial charge is 0.508 e. The minimum atomic E-state index is -0.460. The van der Waals surface area contributed by atoms with Crippen molar-refractivity contribution in [2.24, 2.45) is 0 Å². The Balaban J connectivity index is 1.98. The van der Waals surface area contributed by atoms with E-state index in [0.717, 1.165) is 5.56 Å². The number of phenolic OH excluding ortho intramolecular Hbond substituents is 2. The minimum absolute atomic E-state index is 0.00605. The molecule has 2 aromatic carbocycles. The summed E-state index contributed by atoms with van der Waals surface area (Å²) in [6.45, 7) is 3.65. The van der Waals surface area contributed by atoms with E-state index in [-0.39, 0.29) is 17.6 Å². The van der Waals surface area contributed by atoms with Crippen LogP contribution in [0.4, 0.5) is 0 Å². The molecule has 0 aliphatic carbocycles. The van der Waals surface area contributed by atoms with Crippen molar-refractivity contribution in [3.8, 4) is 34.8 Å². The Morgan fingerprint density at radius 2 is 1.82 bits per heavy atom. The fraction of sp³-hybridized carbons (Fsp3) is 0.222. The van der Waals surface area contributed by atoms with Crippen LogP contribution in [0.1, 0.15) is 31.1 Å². The quantitative estimate of drug-likeness (QED) is 0.792. The molecule has 4 nitrogen and oxygen atoms in total. The molecular weight excluding hydrogens is 280 g/mol. The van der Waals surface area contributed by atoms with Gasteiger partial charge in [0.1, 0.15) is 17.6 Å². The van der Waals surface area contributed by atoms with Crippen LogP contribution < -0.4 is 9.47 Å². The highest BCUT2D eigenvalue weighted by molar-refractivity contribution is 5.50. The first-order chi connectivity index (χ1) is 10.6. The van der Waals surface area contributed by atoms with E-state index in [1.54, 1.807) is 13.0 Å². The van der Waals surface area contributed by atoms with E-state index in [2.05, 4.69) is 11.8 Å². The van der Waals surface area contributed by atoms with Crippen molar-refractivity contribution in [3.63, 3.8) is 0 Å². The molecule has 0 bridgehead atoms. The molecule has 22 heavy (non-hydrogen) atoms. The van der Waals surface area contributed by atoms with Gasteiger partial charge in [-0.3, -0.25) is 0 Å². The van der Waals surface area contributed by atoms with Gasteiger partial charge < -0.3 is 19.7 Å². The van der Waals surface area contributed by atoms with Crippen LogP contribution in [-0.4, -0.2) is 16.3 Å². The standard InChI is InChI=1S/C18H16O4/c1-3-4-12-5-8-16-17(9-12)22-18(11(2)21-16)14-7-6-13(19)10-15(14)20/h5-11,18-20H,1-2H3/t11-,18+/m0/s1. The fourth-order valence-electron chi connectivity index (χ4n) is 2.50. The lowest BCUT2D eigenvalue weighted by molar-refractivity contribution is 0.0293. The molecule has 0 saturated carbocycles. The molecular formula is C18H16O4. The molecule has 0 radical (unpaired) electrons. The zero-order valence-corrected chi connectivity index (χ0v) is 12.3. The van der Waals surface area contributed by atoms with Gasteiger partial charge in [-0.1, -0.05) is 5.92 Å². The molecule has 2 N–H and O–H groups in total. The number of benzene rings is 2. The van der Waals surface area contributed by atoms with Crippen LogP contribution in [0.15, 0.2) is 36.4 Å². The highest BCUT2D eigenvalue weighted by Gasteiger charge is 2.31. The maximum absolute atomic E-state index is 10.0. The van der Waals surface area contributed by atoms with E-state index in [1.807, 2.05) is 25.1 Å². The maximum atomic E-state index is 10.0. The highest BCUT2D eigenvalue weighted by atomic mass is 16.6. The van der Waals surface area contributed by atoms with Gasteiger partial charge in [-0.15, -0.1) is 5.92 Å². The first-order valence-corrected chi connectivity index (χ1v) is 7.00. The molecule has 1 aliphatic rings. The second kappa shape index (κ2) is 5.53. The Morgan fingerprint density at radius 3 is 2.55 bits per heavy atom. The molecule has 0 fully saturated rings. The number of hydrogen-bond donors (Lipinski definition) is 2. The number of aromatic hydroxyl groups is 2. The third-order valence-electron chi connectivity index (χ3n) is 3.53. The maximum Gasteiger partial charge on any atom is 0.164 e. The summed E-state index contributed by atoms with van der Waals surface area (Å²) in [4.78, 5) is 0. The number of rotatable bonds is 1. The number of phenols is 2. The lowest BCUT2D eigenvalue weighted by Crippen LogP contribution is -2.30. The Labute approximate surface area is 128 Å². The first kappa shape index (κ1) is 14.2. The van der Waals surface area contributed by atoms with Crippen LogP contribution in [0, 0.1) is 11.8 Å². The Morgan fingerprint density at radius 1 is 1.00 bits per heavy atom. The molecule has 0 aromatic heterocycles. The van der Waals surface area contributed by atoms with Crippen LogP contribution in [0.25, 0.3) is 0 Å². The van der Waals surface area contributed by atoms with Gasteiger partial charge in [0.25, 0.3) is 0 Å². The van der Waals surface area contributed by atoms with E-state index < -0.39 is 6.10 Å². The zero-order valence-electron chi connectivity index (χ0n) is 12.3. The van der Waals surface area contributed by atoms with E-state index >= 15 is 0 Å². The Kier molecular flexibility index (Phi) is 3.56. The topological polar surface area (TPSA) is 58.9 Å². The Bertz CT molecular complexity index is 770. The normalized spacial score (nSPS) is 19.2. The van der Waals surface area contributed by atoms with Gasteiger partial charge in [0.05, 0.1) is 0 Å².